The van der Waals surface area contributed by atoms with Gasteiger partial charge >= 0.3 is 0 Å². The predicted octanol–water partition coefficient (Wildman–Crippen LogP) is 3.22. The first kappa shape index (κ1) is 23.1. The van der Waals surface area contributed by atoms with Crippen LogP contribution in [-0.2, 0) is 11.3 Å². The number of nitrogens with one attached hydrogen (secondary N) is 1. The Morgan fingerprint density at radius 2 is 1.86 bits per heavy atom. The maximum absolute atomic E-state index is 13.7. The summed E-state index contributed by atoms with van der Waals surface area (Å²) in [7, 11) is 0. The third-order valence-electron chi connectivity index (χ3n) is 6.15. The molecule has 3 aromatic heterocycles. The number of halogens is 1. The van der Waals surface area contributed by atoms with E-state index in [-0.39, 0.29) is 18.0 Å². The summed E-state index contributed by atoms with van der Waals surface area (Å²) in [5.41, 5.74) is 3.67. The van der Waals surface area contributed by atoms with Gasteiger partial charge in [-0.15, -0.1) is 0 Å². The molecule has 1 aliphatic heterocycles. The highest BCUT2D eigenvalue weighted by atomic mass is 35.5. The molecule has 1 aliphatic rings. The molecule has 4 aromatic rings. The summed E-state index contributed by atoms with van der Waals surface area (Å²) in [6.07, 6.45) is 1.67. The van der Waals surface area contributed by atoms with Gasteiger partial charge in [-0.3, -0.25) is 19.1 Å². The molecular formula is C26H25ClN6O2. The van der Waals surface area contributed by atoms with Crippen molar-refractivity contribution in [3.8, 4) is 22.4 Å². The first-order valence-corrected chi connectivity index (χ1v) is 11.9. The lowest BCUT2D eigenvalue weighted by Crippen LogP contribution is -2.48. The zero-order chi connectivity index (χ0) is 24.5. The highest BCUT2D eigenvalue weighted by molar-refractivity contribution is 6.33. The van der Waals surface area contributed by atoms with Crippen LogP contribution in [-0.4, -0.2) is 56.5 Å². The van der Waals surface area contributed by atoms with Crippen LogP contribution in [0.5, 0.6) is 0 Å². The number of aryl methyl sites for hydroxylation is 2. The standard InChI is InChI=1S/C26H25ClN6O2/c1-16-4-3-5-23(30-16)18-6-7-20(22(27)13-18)21-12-19-14-29-17(2)31-25(19)33(26(21)35)15-24(34)32-10-8-28-9-11-32/h3-7,12-14,28H,8-11,15H2,1-2H3. The number of amides is 1. The molecule has 0 spiro atoms. The van der Waals surface area contributed by atoms with Crippen LogP contribution in [0.15, 0.2) is 53.5 Å². The predicted molar refractivity (Wildman–Crippen MR) is 136 cm³/mol. The highest BCUT2D eigenvalue weighted by Crippen LogP contribution is 2.31. The Labute approximate surface area is 207 Å². The zero-order valence-corrected chi connectivity index (χ0v) is 20.3. The minimum absolute atomic E-state index is 0.0947. The molecule has 4 heterocycles. The smallest absolute Gasteiger partial charge is 0.260 e. The Morgan fingerprint density at radius 3 is 2.60 bits per heavy atom. The van der Waals surface area contributed by atoms with Crippen LogP contribution < -0.4 is 10.9 Å². The number of nitrogens with zero attached hydrogens (tertiary/aromatic N) is 5. The molecule has 178 valence electrons. The summed E-state index contributed by atoms with van der Waals surface area (Å²) < 4.78 is 1.44. The average molecular weight is 489 g/mol. The molecule has 1 aromatic carbocycles. The quantitative estimate of drug-likeness (QED) is 0.474. The number of hydrogen-bond acceptors (Lipinski definition) is 6. The van der Waals surface area contributed by atoms with E-state index in [0.717, 1.165) is 30.0 Å². The molecule has 0 atom stereocenters. The maximum atomic E-state index is 13.7. The molecule has 1 saturated heterocycles. The van der Waals surface area contributed by atoms with E-state index < -0.39 is 0 Å². The van der Waals surface area contributed by atoms with Crippen LogP contribution in [0.4, 0.5) is 0 Å². The number of fused-ring (bicyclic) bond motifs is 1. The third-order valence-corrected chi connectivity index (χ3v) is 6.47. The van der Waals surface area contributed by atoms with E-state index in [1.807, 2.05) is 43.3 Å². The van der Waals surface area contributed by atoms with Gasteiger partial charge in [0.1, 0.15) is 18.0 Å². The average Bonchev–Trinajstić information content (AvgIpc) is 2.86. The van der Waals surface area contributed by atoms with Crippen molar-refractivity contribution in [2.75, 3.05) is 26.2 Å². The Balaban J connectivity index is 1.60. The number of carbonyl (C=O) groups is 1. The van der Waals surface area contributed by atoms with Crippen molar-refractivity contribution in [3.63, 3.8) is 0 Å². The van der Waals surface area contributed by atoms with E-state index in [9.17, 15) is 9.59 Å². The highest BCUT2D eigenvalue weighted by Gasteiger charge is 2.21. The largest absolute Gasteiger partial charge is 0.339 e. The maximum Gasteiger partial charge on any atom is 0.260 e. The van der Waals surface area contributed by atoms with E-state index in [0.29, 0.717) is 46.1 Å². The summed E-state index contributed by atoms with van der Waals surface area (Å²) in [6, 6.07) is 13.1. The lowest BCUT2D eigenvalue weighted by molar-refractivity contribution is -0.132. The number of rotatable bonds is 4. The van der Waals surface area contributed by atoms with Crippen molar-refractivity contribution in [2.24, 2.45) is 0 Å². The van der Waals surface area contributed by atoms with Crippen molar-refractivity contribution in [3.05, 3.63) is 75.6 Å². The molecular weight excluding hydrogens is 464 g/mol. The van der Waals surface area contributed by atoms with Gasteiger partial charge in [0, 0.05) is 65.2 Å². The molecule has 9 heteroatoms. The number of hydrogen-bond donors (Lipinski definition) is 1. The monoisotopic (exact) mass is 488 g/mol. The number of aromatic nitrogens is 4. The Bertz CT molecular complexity index is 1490. The number of piperazine rings is 1. The van der Waals surface area contributed by atoms with Crippen LogP contribution in [0.1, 0.15) is 11.5 Å². The van der Waals surface area contributed by atoms with Gasteiger partial charge in [-0.1, -0.05) is 29.8 Å². The van der Waals surface area contributed by atoms with Crippen LogP contribution in [0.25, 0.3) is 33.4 Å². The first-order chi connectivity index (χ1) is 16.9. The minimum Gasteiger partial charge on any atom is -0.339 e. The third kappa shape index (κ3) is 4.67. The fourth-order valence-electron chi connectivity index (χ4n) is 4.33. The summed E-state index contributed by atoms with van der Waals surface area (Å²) in [6.45, 7) is 6.29. The molecule has 0 unspecified atom stereocenters. The molecule has 0 bridgehead atoms. The molecule has 8 nitrogen and oxygen atoms in total. The molecule has 1 amide bonds. The van der Waals surface area contributed by atoms with E-state index >= 15 is 0 Å². The Kier molecular flexibility index (Phi) is 6.32. The van der Waals surface area contributed by atoms with Crippen LogP contribution in [0, 0.1) is 13.8 Å². The van der Waals surface area contributed by atoms with Gasteiger partial charge in [0.2, 0.25) is 5.91 Å². The van der Waals surface area contributed by atoms with Crippen LogP contribution >= 0.6 is 11.6 Å². The van der Waals surface area contributed by atoms with Gasteiger partial charge in [-0.2, -0.15) is 0 Å². The van der Waals surface area contributed by atoms with Gasteiger partial charge < -0.3 is 10.2 Å². The summed E-state index contributed by atoms with van der Waals surface area (Å²) >= 11 is 6.69. The van der Waals surface area contributed by atoms with Crippen molar-refractivity contribution in [1.82, 2.24) is 29.7 Å². The Hall–Kier alpha value is -3.62. The summed E-state index contributed by atoms with van der Waals surface area (Å²) in [5, 5.41) is 4.33. The van der Waals surface area contributed by atoms with Gasteiger partial charge in [-0.05, 0) is 38.1 Å². The summed E-state index contributed by atoms with van der Waals surface area (Å²) in [5.74, 6) is 0.413. The van der Waals surface area contributed by atoms with E-state index in [1.54, 1.807) is 24.1 Å². The fourth-order valence-corrected chi connectivity index (χ4v) is 4.61. The molecule has 35 heavy (non-hydrogen) atoms. The van der Waals surface area contributed by atoms with Crippen molar-refractivity contribution >= 4 is 28.5 Å². The molecule has 0 aliphatic carbocycles. The van der Waals surface area contributed by atoms with Crippen LogP contribution in [0.2, 0.25) is 5.02 Å². The van der Waals surface area contributed by atoms with Gasteiger partial charge in [-0.25, -0.2) is 9.97 Å². The van der Waals surface area contributed by atoms with Gasteiger partial charge in [0.05, 0.1) is 5.69 Å². The molecule has 0 saturated carbocycles. The Morgan fingerprint density at radius 1 is 1.06 bits per heavy atom. The zero-order valence-electron chi connectivity index (χ0n) is 19.6. The second kappa shape index (κ2) is 9.56. The van der Waals surface area contributed by atoms with Crippen molar-refractivity contribution in [1.29, 1.82) is 0 Å². The van der Waals surface area contributed by atoms with Gasteiger partial charge in [0.25, 0.3) is 5.56 Å². The number of benzene rings is 1. The lowest BCUT2D eigenvalue weighted by atomic mass is 10.0. The summed E-state index contributed by atoms with van der Waals surface area (Å²) in [4.78, 5) is 41.9. The number of pyridine rings is 2. The molecule has 1 fully saturated rings. The SMILES string of the molecule is Cc1cccc(-c2ccc(-c3cc4cnc(C)nc4n(CC(=O)N4CCNCC4)c3=O)c(Cl)c2)n1. The van der Waals surface area contributed by atoms with Crippen molar-refractivity contribution in [2.45, 2.75) is 20.4 Å². The topological polar surface area (TPSA) is 93.0 Å². The minimum atomic E-state index is -0.317. The van der Waals surface area contributed by atoms with E-state index in [2.05, 4.69) is 20.3 Å². The lowest BCUT2D eigenvalue weighted by Gasteiger charge is -2.27. The van der Waals surface area contributed by atoms with Crippen LogP contribution in [0.3, 0.4) is 0 Å². The van der Waals surface area contributed by atoms with Gasteiger partial charge in [0.15, 0.2) is 0 Å². The fraction of sp³-hybridized carbons (Fsp3) is 0.269. The normalized spacial score (nSPS) is 13.9. The molecule has 1 N–H and O–H groups in total. The van der Waals surface area contributed by atoms with E-state index in [4.69, 9.17) is 11.6 Å². The first-order valence-electron chi connectivity index (χ1n) is 11.5. The molecule has 0 radical (unpaired) electrons. The van der Waals surface area contributed by atoms with Crippen molar-refractivity contribution < 1.29 is 4.79 Å². The molecule has 5 rings (SSSR count). The number of carbonyl (C=O) groups excluding carboxylic acids is 1. The second-order valence-electron chi connectivity index (χ2n) is 8.64. The van der Waals surface area contributed by atoms with E-state index in [1.165, 1.54) is 4.57 Å². The second-order valence-corrected chi connectivity index (χ2v) is 9.04.